The third-order valence-corrected chi connectivity index (χ3v) is 5.00. The number of sulfonamides is 1. The van der Waals surface area contributed by atoms with E-state index < -0.39 is 22.0 Å². The predicted octanol–water partition coefficient (Wildman–Crippen LogP) is -0.596. The van der Waals surface area contributed by atoms with Crippen LogP contribution in [0.1, 0.15) is 0 Å². The van der Waals surface area contributed by atoms with Crippen LogP contribution in [0, 0.1) is 0 Å². The zero-order chi connectivity index (χ0) is 14.8. The number of nitrogens with one attached hydrogen (secondary N) is 1. The van der Waals surface area contributed by atoms with Crippen LogP contribution in [-0.4, -0.2) is 51.5 Å². The Morgan fingerprint density at radius 2 is 2.25 bits per heavy atom. The van der Waals surface area contributed by atoms with E-state index in [1.54, 1.807) is 12.1 Å². The molecule has 110 valence electrons. The molecule has 8 heteroatoms. The Hall–Kier alpha value is -1.64. The van der Waals surface area contributed by atoms with Crippen molar-refractivity contribution in [3.63, 3.8) is 0 Å². The van der Waals surface area contributed by atoms with Crippen LogP contribution in [0.15, 0.2) is 29.2 Å². The molecule has 1 fully saturated rings. The molecule has 1 aromatic carbocycles. The van der Waals surface area contributed by atoms with Crippen LogP contribution < -0.4 is 11.1 Å². The Morgan fingerprint density at radius 1 is 1.50 bits per heavy atom. The van der Waals surface area contributed by atoms with Gasteiger partial charge in [-0.25, -0.2) is 8.42 Å². The van der Waals surface area contributed by atoms with Gasteiger partial charge in [0.25, 0.3) is 0 Å². The zero-order valence-electron chi connectivity index (χ0n) is 11.1. The molecule has 1 aromatic rings. The monoisotopic (exact) mass is 299 g/mol. The van der Waals surface area contributed by atoms with Crippen LogP contribution in [0.25, 0.3) is 0 Å². The van der Waals surface area contributed by atoms with Crippen molar-refractivity contribution >= 4 is 21.6 Å². The molecule has 1 amide bonds. The number of nitrogens with two attached hydrogens (primary N) is 1. The molecule has 0 saturated carbocycles. The fraction of sp³-hybridized carbons (Fsp3) is 0.417. The second kappa shape index (κ2) is 5.78. The average Bonchev–Trinajstić information content (AvgIpc) is 2.46. The molecule has 1 heterocycles. The number of likely N-dealkylation sites (N-methyl/N-ethyl adjacent to an activating group) is 1. The van der Waals surface area contributed by atoms with E-state index in [2.05, 4.69) is 5.32 Å². The minimum absolute atomic E-state index is 0.0429. The number of ether oxygens (including phenoxy) is 1. The van der Waals surface area contributed by atoms with Crippen LogP contribution in [-0.2, 0) is 19.6 Å². The Kier molecular flexibility index (Phi) is 4.26. The van der Waals surface area contributed by atoms with Crippen molar-refractivity contribution in [1.82, 2.24) is 9.62 Å². The van der Waals surface area contributed by atoms with E-state index in [9.17, 15) is 13.2 Å². The van der Waals surface area contributed by atoms with Gasteiger partial charge in [-0.05, 0) is 18.2 Å². The highest BCUT2D eigenvalue weighted by Gasteiger charge is 2.37. The number of hydrogen-bond donors (Lipinski definition) is 2. The Morgan fingerprint density at radius 3 is 2.90 bits per heavy atom. The van der Waals surface area contributed by atoms with Crippen molar-refractivity contribution in [3.05, 3.63) is 24.3 Å². The van der Waals surface area contributed by atoms with Gasteiger partial charge in [0.15, 0.2) is 0 Å². The lowest BCUT2D eigenvalue weighted by Crippen LogP contribution is -2.55. The molecule has 2 rings (SSSR count). The van der Waals surface area contributed by atoms with Gasteiger partial charge >= 0.3 is 0 Å². The standard InChI is InChI=1S/C12H17N3O4S/c1-14-12(16)11-8-19-6-5-15(11)20(17,18)10-4-2-3-9(13)7-10/h2-4,7,11H,5-6,8,13H2,1H3,(H,14,16). The quantitative estimate of drug-likeness (QED) is 0.726. The van der Waals surface area contributed by atoms with Gasteiger partial charge in [0.2, 0.25) is 15.9 Å². The molecule has 3 N–H and O–H groups in total. The van der Waals surface area contributed by atoms with Crippen molar-refractivity contribution in [3.8, 4) is 0 Å². The molecule has 0 aliphatic carbocycles. The van der Waals surface area contributed by atoms with Crippen molar-refractivity contribution in [2.45, 2.75) is 10.9 Å². The molecule has 0 aromatic heterocycles. The van der Waals surface area contributed by atoms with Gasteiger partial charge in [-0.3, -0.25) is 4.79 Å². The first kappa shape index (κ1) is 14.8. The fourth-order valence-electron chi connectivity index (χ4n) is 2.06. The fourth-order valence-corrected chi connectivity index (χ4v) is 3.67. The van der Waals surface area contributed by atoms with E-state index in [0.717, 1.165) is 4.31 Å². The topological polar surface area (TPSA) is 102 Å². The SMILES string of the molecule is CNC(=O)C1COCCN1S(=O)(=O)c1cccc(N)c1. The number of hydrogen-bond acceptors (Lipinski definition) is 5. The third-order valence-electron chi connectivity index (χ3n) is 3.09. The van der Waals surface area contributed by atoms with Crippen molar-refractivity contribution in [2.75, 3.05) is 32.5 Å². The van der Waals surface area contributed by atoms with Crippen molar-refractivity contribution in [1.29, 1.82) is 0 Å². The summed E-state index contributed by atoms with van der Waals surface area (Å²) in [5.41, 5.74) is 5.98. The maximum atomic E-state index is 12.6. The van der Waals surface area contributed by atoms with E-state index in [0.29, 0.717) is 5.69 Å². The van der Waals surface area contributed by atoms with E-state index >= 15 is 0 Å². The highest BCUT2D eigenvalue weighted by Crippen LogP contribution is 2.22. The van der Waals surface area contributed by atoms with Crippen LogP contribution in [0.2, 0.25) is 0 Å². The first-order chi connectivity index (χ1) is 9.46. The van der Waals surface area contributed by atoms with Crippen LogP contribution >= 0.6 is 0 Å². The van der Waals surface area contributed by atoms with Crippen molar-refractivity contribution in [2.24, 2.45) is 0 Å². The van der Waals surface area contributed by atoms with E-state index in [1.165, 1.54) is 19.2 Å². The number of nitrogen functional groups attached to an aromatic ring is 1. The number of carbonyl (C=O) groups excluding carboxylic acids is 1. The molecule has 7 nitrogen and oxygen atoms in total. The zero-order valence-corrected chi connectivity index (χ0v) is 11.9. The minimum atomic E-state index is -3.78. The molecule has 1 atom stereocenters. The highest BCUT2D eigenvalue weighted by atomic mass is 32.2. The number of carbonyl (C=O) groups is 1. The van der Waals surface area contributed by atoms with Gasteiger partial charge in [-0.1, -0.05) is 6.07 Å². The normalized spacial score (nSPS) is 20.6. The molecular formula is C12H17N3O4S. The minimum Gasteiger partial charge on any atom is -0.399 e. The largest absolute Gasteiger partial charge is 0.399 e. The molecule has 1 aliphatic heterocycles. The molecule has 0 radical (unpaired) electrons. The summed E-state index contributed by atoms with van der Waals surface area (Å²) in [7, 11) is -2.32. The van der Waals surface area contributed by atoms with Crippen LogP contribution in [0.4, 0.5) is 5.69 Å². The molecule has 0 spiro atoms. The molecule has 0 bridgehead atoms. The van der Waals surface area contributed by atoms with E-state index in [1.807, 2.05) is 0 Å². The van der Waals surface area contributed by atoms with Crippen LogP contribution in [0.5, 0.6) is 0 Å². The van der Waals surface area contributed by atoms with Gasteiger partial charge < -0.3 is 15.8 Å². The lowest BCUT2D eigenvalue weighted by molar-refractivity contribution is -0.128. The van der Waals surface area contributed by atoms with Gasteiger partial charge in [-0.2, -0.15) is 4.31 Å². The Bertz CT molecular complexity index is 602. The van der Waals surface area contributed by atoms with Crippen LogP contribution in [0.3, 0.4) is 0 Å². The first-order valence-corrected chi connectivity index (χ1v) is 7.57. The molecule has 1 aliphatic rings. The molecule has 1 saturated heterocycles. The molecule has 1 unspecified atom stereocenters. The van der Waals surface area contributed by atoms with Crippen molar-refractivity contribution < 1.29 is 17.9 Å². The summed E-state index contributed by atoms with van der Waals surface area (Å²) in [6, 6.07) is 5.15. The maximum Gasteiger partial charge on any atom is 0.244 e. The molecule has 20 heavy (non-hydrogen) atoms. The summed E-state index contributed by atoms with van der Waals surface area (Å²) >= 11 is 0. The number of anilines is 1. The number of amides is 1. The van der Waals surface area contributed by atoms with Gasteiger partial charge in [-0.15, -0.1) is 0 Å². The summed E-state index contributed by atoms with van der Waals surface area (Å²) < 4.78 is 31.6. The lowest BCUT2D eigenvalue weighted by Gasteiger charge is -2.33. The Balaban J connectivity index is 2.38. The van der Waals surface area contributed by atoms with Gasteiger partial charge in [0.05, 0.1) is 18.1 Å². The second-order valence-electron chi connectivity index (χ2n) is 4.39. The molecular weight excluding hydrogens is 282 g/mol. The average molecular weight is 299 g/mol. The Labute approximate surface area is 117 Å². The lowest BCUT2D eigenvalue weighted by atomic mass is 10.2. The smallest absolute Gasteiger partial charge is 0.244 e. The highest BCUT2D eigenvalue weighted by molar-refractivity contribution is 7.89. The first-order valence-electron chi connectivity index (χ1n) is 6.13. The van der Waals surface area contributed by atoms with E-state index in [-0.39, 0.29) is 24.7 Å². The second-order valence-corrected chi connectivity index (χ2v) is 6.28. The summed E-state index contributed by atoms with van der Waals surface area (Å²) in [4.78, 5) is 11.9. The number of morpholine rings is 1. The van der Waals surface area contributed by atoms with E-state index in [4.69, 9.17) is 10.5 Å². The maximum absolute atomic E-state index is 12.6. The summed E-state index contributed by atoms with van der Waals surface area (Å²) in [5, 5.41) is 2.45. The van der Waals surface area contributed by atoms with Gasteiger partial charge in [0.1, 0.15) is 6.04 Å². The number of rotatable bonds is 3. The predicted molar refractivity (Wildman–Crippen MR) is 73.4 cm³/mol. The summed E-state index contributed by atoms with van der Waals surface area (Å²) in [5.74, 6) is -0.392. The summed E-state index contributed by atoms with van der Waals surface area (Å²) in [6.07, 6.45) is 0. The number of benzene rings is 1. The van der Waals surface area contributed by atoms with Gasteiger partial charge in [0, 0.05) is 19.3 Å². The third kappa shape index (κ3) is 2.77. The summed E-state index contributed by atoms with van der Waals surface area (Å²) in [6.45, 7) is 0.436. The number of nitrogens with zero attached hydrogens (tertiary/aromatic N) is 1.